The van der Waals surface area contributed by atoms with Crippen molar-refractivity contribution in [2.24, 2.45) is 18.0 Å². The second-order valence-corrected chi connectivity index (χ2v) is 23.4. The number of anilines is 2. The van der Waals surface area contributed by atoms with Crippen LogP contribution in [0.2, 0.25) is 0 Å². The summed E-state index contributed by atoms with van der Waals surface area (Å²) in [6, 6.07) is 12.2. The Labute approximate surface area is 445 Å². The molecule has 1 fully saturated rings. The molecular formula is C54H56F2N10O9S2. The molecule has 0 saturated carbocycles. The Morgan fingerprint density at radius 2 is 1.84 bits per heavy atom. The number of aliphatic hydroxyl groups is 1. The average Bonchev–Trinajstić information content (AvgIpc) is 4.34. The lowest BCUT2D eigenvalue weighted by Gasteiger charge is -2.29. The van der Waals surface area contributed by atoms with Gasteiger partial charge in [0.15, 0.2) is 32.8 Å². The van der Waals surface area contributed by atoms with Crippen LogP contribution in [0, 0.1) is 24.5 Å². The number of H-pyrrole nitrogens is 1. The number of amidine groups is 1. The van der Waals surface area contributed by atoms with Gasteiger partial charge in [0.1, 0.15) is 23.1 Å². The Bertz CT molecular complexity index is 3680. The molecule has 10 rings (SSSR count). The molecule has 1 saturated heterocycles. The predicted molar refractivity (Wildman–Crippen MR) is 285 cm³/mol. The summed E-state index contributed by atoms with van der Waals surface area (Å²) in [5.41, 5.74) is 5.10. The molecular weight excluding hydrogens is 1030 g/mol. The zero-order valence-electron chi connectivity index (χ0n) is 43.0. The van der Waals surface area contributed by atoms with E-state index in [2.05, 4.69) is 30.7 Å². The normalized spacial score (nSPS) is 18.6. The number of likely N-dealkylation sites (tertiary alicyclic amines) is 1. The Balaban J connectivity index is 0.783. The number of ether oxygens (including phenoxy) is 1. The summed E-state index contributed by atoms with van der Waals surface area (Å²) in [6.07, 6.45) is 6.12. The van der Waals surface area contributed by atoms with E-state index in [1.165, 1.54) is 26.9 Å². The van der Waals surface area contributed by atoms with Gasteiger partial charge in [0.25, 0.3) is 23.3 Å². The summed E-state index contributed by atoms with van der Waals surface area (Å²) >= 11 is 1.54. The van der Waals surface area contributed by atoms with E-state index in [9.17, 15) is 37.1 Å². The molecule has 23 heteroatoms. The Morgan fingerprint density at radius 3 is 2.56 bits per heavy atom. The highest BCUT2D eigenvalue weighted by molar-refractivity contribution is 7.89. The SMILES string of the molecule is Cc1ncsc1-c1ccc([C@@]2(C)N=C([C@@H]3C[C@@H](O)CN3C(=O)[C@H](c3cc(OCCCCCNC(=O)c4cc5c(cc4CS(C)(=O)=O)-c4cn(C)c(=O)c6[nH]cc(c46)CN5c4ncc(F)cc4F)no3)C(C)C)NC2=O)cc1. The van der Waals surface area contributed by atoms with Crippen molar-refractivity contribution in [3.63, 3.8) is 0 Å². The number of halogens is 2. The van der Waals surface area contributed by atoms with Crippen molar-refractivity contribution >= 4 is 67.1 Å². The summed E-state index contributed by atoms with van der Waals surface area (Å²) in [4.78, 5) is 75.7. The maximum Gasteiger partial charge on any atom is 0.274 e. The number of benzene rings is 2. The number of nitrogens with one attached hydrogen (secondary N) is 3. The van der Waals surface area contributed by atoms with Crippen LogP contribution in [0.1, 0.15) is 90.9 Å². The minimum atomic E-state index is -3.70. The molecule has 2 aromatic carbocycles. The van der Waals surface area contributed by atoms with Crippen LogP contribution in [-0.2, 0) is 44.3 Å². The van der Waals surface area contributed by atoms with E-state index in [1.54, 1.807) is 48.9 Å². The van der Waals surface area contributed by atoms with Crippen LogP contribution in [0.15, 0.2) is 86.9 Å². The highest BCUT2D eigenvalue weighted by Crippen LogP contribution is 2.45. The van der Waals surface area contributed by atoms with Crippen LogP contribution >= 0.6 is 11.3 Å². The van der Waals surface area contributed by atoms with Crippen LogP contribution < -0.4 is 25.8 Å². The number of amides is 3. The number of hydrogen-bond acceptors (Lipinski definition) is 15. The molecule has 4 N–H and O–H groups in total. The number of sulfone groups is 1. The summed E-state index contributed by atoms with van der Waals surface area (Å²) in [6.45, 7) is 7.84. The Hall–Kier alpha value is -7.63. The molecule has 0 aliphatic carbocycles. The first-order valence-corrected chi connectivity index (χ1v) is 28.0. The molecule has 0 bridgehead atoms. The molecule has 0 spiro atoms. The van der Waals surface area contributed by atoms with Gasteiger partial charge in [-0.05, 0) is 78.6 Å². The van der Waals surface area contributed by atoms with Gasteiger partial charge in [0, 0.05) is 79.4 Å². The van der Waals surface area contributed by atoms with Crippen molar-refractivity contribution < 1.29 is 45.9 Å². The topological polar surface area (TPSA) is 247 Å². The van der Waals surface area contributed by atoms with Gasteiger partial charge in [-0.2, -0.15) is 0 Å². The zero-order valence-corrected chi connectivity index (χ0v) is 44.7. The summed E-state index contributed by atoms with van der Waals surface area (Å²) in [5.74, 6) is -4.17. The van der Waals surface area contributed by atoms with Gasteiger partial charge in [0.05, 0.1) is 59.0 Å². The number of carbonyl (C=O) groups is 3. The molecule has 5 aromatic heterocycles. The third-order valence-electron chi connectivity index (χ3n) is 14.4. The fraction of sp³-hybridized carbons (Fsp3) is 0.370. The largest absolute Gasteiger partial charge is 0.476 e. The number of aliphatic hydroxyl groups excluding tert-OH is 1. The molecule has 19 nitrogen and oxygen atoms in total. The maximum absolute atomic E-state index is 15.6. The first-order chi connectivity index (χ1) is 36.7. The average molecular weight is 1090 g/mol. The third kappa shape index (κ3) is 10.3. The van der Waals surface area contributed by atoms with Crippen molar-refractivity contribution in [1.29, 1.82) is 0 Å². The van der Waals surface area contributed by atoms with Gasteiger partial charge in [-0.3, -0.25) is 19.2 Å². The summed E-state index contributed by atoms with van der Waals surface area (Å²) in [5, 5.41) is 21.3. The van der Waals surface area contributed by atoms with Crippen LogP contribution in [0.5, 0.6) is 5.88 Å². The monoisotopic (exact) mass is 1090 g/mol. The van der Waals surface area contributed by atoms with Crippen molar-refractivity contribution in [2.45, 2.75) is 89.3 Å². The fourth-order valence-corrected chi connectivity index (χ4v) is 12.1. The van der Waals surface area contributed by atoms with E-state index in [-0.39, 0.29) is 95.7 Å². The van der Waals surface area contributed by atoms with Crippen molar-refractivity contribution in [3.05, 3.63) is 128 Å². The summed E-state index contributed by atoms with van der Waals surface area (Å²) < 4.78 is 68.4. The number of carbonyl (C=O) groups excluding carboxylic acids is 3. The number of rotatable bonds is 17. The Morgan fingerprint density at radius 1 is 1.06 bits per heavy atom. The summed E-state index contributed by atoms with van der Waals surface area (Å²) in [7, 11) is -2.13. The number of thiazole rings is 1. The lowest BCUT2D eigenvalue weighted by molar-refractivity contribution is -0.134. The highest BCUT2D eigenvalue weighted by atomic mass is 32.2. The van der Waals surface area contributed by atoms with E-state index in [4.69, 9.17) is 14.3 Å². The van der Waals surface area contributed by atoms with Gasteiger partial charge >= 0.3 is 0 Å². The molecule has 3 amide bonds. The third-order valence-corrected chi connectivity index (χ3v) is 16.2. The fourth-order valence-electron chi connectivity index (χ4n) is 10.5. The Kier molecular flexibility index (Phi) is 14.2. The van der Waals surface area contributed by atoms with Gasteiger partial charge in [-0.25, -0.2) is 32.2 Å². The number of unbranched alkanes of at least 4 members (excludes halogenated alkanes) is 2. The van der Waals surface area contributed by atoms with Crippen molar-refractivity contribution in [1.82, 2.24) is 40.2 Å². The van der Waals surface area contributed by atoms with E-state index in [1.807, 2.05) is 45.0 Å². The molecule has 0 unspecified atom stereocenters. The lowest BCUT2D eigenvalue weighted by atomic mass is 9.91. The number of nitrogens with zero attached hydrogens (tertiary/aromatic N) is 7. The number of aromatic nitrogens is 5. The van der Waals surface area contributed by atoms with E-state index in [0.717, 1.165) is 28.6 Å². The molecule has 4 atom stereocenters. The zero-order chi connectivity index (χ0) is 54.7. The molecule has 7 aromatic rings. The van der Waals surface area contributed by atoms with Gasteiger partial charge in [0.2, 0.25) is 5.91 Å². The van der Waals surface area contributed by atoms with Crippen LogP contribution in [0.25, 0.3) is 32.5 Å². The molecule has 0 radical (unpaired) electrons. The van der Waals surface area contributed by atoms with Crippen LogP contribution in [0.3, 0.4) is 0 Å². The number of hydrogen-bond donors (Lipinski definition) is 4. The molecule has 402 valence electrons. The number of fused-ring (bicyclic) bond motifs is 2. The van der Waals surface area contributed by atoms with Gasteiger partial charge in [-0.15, -0.1) is 11.3 Å². The van der Waals surface area contributed by atoms with E-state index < -0.39 is 56.7 Å². The standard InChI is InChI=1S/C54H56F2N10O9S2/c1-28(2)44(51(69)66-24-35(67)18-41(66)48-61-53(71)54(4,62-48)33-12-10-30(11-13-33)47-29(3)60-27-76-47)42-20-43(63-75-42)74-15-9-7-8-14-57-50(68)36-19-40-37(16-31(36)26-77(6,72)73)38-25-64(5)52(70)46-45(38)32(21-58-46)23-65(40)49-39(56)17-34(55)22-59-49/h10-13,16-17,19-22,25,27-28,35,41,44,58,67H,7-9,14-15,18,23-24,26H2,1-6H3,(H,57,68)(H,61,62,71)/t35-,41+,44+,54-/m1/s1. The second-order valence-electron chi connectivity index (χ2n) is 20.4. The van der Waals surface area contributed by atoms with Gasteiger partial charge < -0.3 is 44.4 Å². The minimum Gasteiger partial charge on any atom is -0.476 e. The second kappa shape index (κ2) is 20.7. The number of aryl methyl sites for hydroxylation is 2. The molecule has 3 aliphatic rings. The quantitative estimate of drug-likeness (QED) is 0.0676. The minimum absolute atomic E-state index is 0.0259. The molecule has 77 heavy (non-hydrogen) atoms. The van der Waals surface area contributed by atoms with Crippen molar-refractivity contribution in [2.75, 3.05) is 30.9 Å². The number of β-amino-alcohol motifs (C(OH)–C–C–N with tert-alkyl or cyclic N) is 1. The lowest BCUT2D eigenvalue weighted by Crippen LogP contribution is -2.48. The molecule has 3 aliphatic heterocycles. The van der Waals surface area contributed by atoms with Crippen LogP contribution in [0.4, 0.5) is 20.3 Å². The first kappa shape index (κ1) is 52.8. The first-order valence-electron chi connectivity index (χ1n) is 25.1. The van der Waals surface area contributed by atoms with E-state index >= 15 is 4.39 Å². The van der Waals surface area contributed by atoms with E-state index in [0.29, 0.717) is 58.8 Å². The van der Waals surface area contributed by atoms with Crippen LogP contribution in [-0.4, -0.2) is 105 Å². The maximum atomic E-state index is 15.6. The highest BCUT2D eigenvalue weighted by Gasteiger charge is 2.48. The molecule has 8 heterocycles. The smallest absolute Gasteiger partial charge is 0.274 e. The van der Waals surface area contributed by atoms with Crippen molar-refractivity contribution in [3.8, 4) is 27.4 Å². The number of pyridine rings is 2. The van der Waals surface area contributed by atoms with Gasteiger partial charge in [-0.1, -0.05) is 38.1 Å². The number of aliphatic imine (C=N–C) groups is 1. The predicted octanol–water partition coefficient (Wildman–Crippen LogP) is 6.95. The number of aromatic amines is 1.